The quantitative estimate of drug-likeness (QED) is 0.763. The summed E-state index contributed by atoms with van der Waals surface area (Å²) in [6.07, 6.45) is 2.16. The molecule has 1 aromatic heterocycles. The molecule has 4 nitrogen and oxygen atoms in total. The van der Waals surface area contributed by atoms with Crippen molar-refractivity contribution in [3.05, 3.63) is 50.7 Å². The normalized spacial score (nSPS) is 14.1. The summed E-state index contributed by atoms with van der Waals surface area (Å²) in [4.78, 5) is 14.7. The molecule has 0 atom stereocenters. The standard InChI is InChI=1S/C17H19BrClN3O/c1-11-17(19)12(2)22(20-11)10-16(23)21(15-6-7-15)9-13-4-3-5-14(18)8-13/h3-5,8,15H,6-7,9-10H2,1-2H3. The minimum absolute atomic E-state index is 0.0924. The molecule has 23 heavy (non-hydrogen) atoms. The van der Waals surface area contributed by atoms with Crippen molar-refractivity contribution in [3.8, 4) is 0 Å². The first-order valence-electron chi connectivity index (χ1n) is 7.69. The molecule has 3 rings (SSSR count). The third kappa shape index (κ3) is 3.78. The zero-order valence-electron chi connectivity index (χ0n) is 13.2. The molecule has 0 saturated heterocycles. The second-order valence-electron chi connectivity index (χ2n) is 6.03. The number of hydrogen-bond acceptors (Lipinski definition) is 2. The van der Waals surface area contributed by atoms with E-state index >= 15 is 0 Å². The summed E-state index contributed by atoms with van der Waals surface area (Å²) in [6, 6.07) is 8.45. The maximum atomic E-state index is 12.8. The number of halogens is 2. The van der Waals surface area contributed by atoms with Crippen molar-refractivity contribution in [3.63, 3.8) is 0 Å². The molecule has 1 aliphatic rings. The molecule has 1 aromatic carbocycles. The first-order chi connectivity index (χ1) is 11.0. The van der Waals surface area contributed by atoms with Gasteiger partial charge in [-0.2, -0.15) is 5.10 Å². The molecule has 122 valence electrons. The van der Waals surface area contributed by atoms with E-state index in [-0.39, 0.29) is 12.5 Å². The van der Waals surface area contributed by atoms with E-state index in [2.05, 4.69) is 27.1 Å². The number of amides is 1. The van der Waals surface area contributed by atoms with Crippen LogP contribution in [-0.2, 0) is 17.9 Å². The average molecular weight is 397 g/mol. The Labute approximate surface area is 149 Å². The van der Waals surface area contributed by atoms with Gasteiger partial charge < -0.3 is 4.90 Å². The van der Waals surface area contributed by atoms with E-state index in [0.717, 1.165) is 34.3 Å². The summed E-state index contributed by atoms with van der Waals surface area (Å²) >= 11 is 9.65. The number of rotatable bonds is 5. The molecule has 2 aromatic rings. The summed E-state index contributed by atoms with van der Waals surface area (Å²) in [5, 5.41) is 5.00. The molecule has 1 amide bonds. The molecule has 0 radical (unpaired) electrons. The van der Waals surface area contributed by atoms with E-state index < -0.39 is 0 Å². The van der Waals surface area contributed by atoms with Gasteiger partial charge in [0.05, 0.1) is 16.4 Å². The maximum absolute atomic E-state index is 12.8. The smallest absolute Gasteiger partial charge is 0.244 e. The van der Waals surface area contributed by atoms with Crippen LogP contribution in [0.15, 0.2) is 28.7 Å². The summed E-state index contributed by atoms with van der Waals surface area (Å²) < 4.78 is 2.74. The molecule has 0 spiro atoms. The van der Waals surface area contributed by atoms with Gasteiger partial charge in [0.2, 0.25) is 5.91 Å². The highest BCUT2D eigenvalue weighted by Gasteiger charge is 2.33. The van der Waals surface area contributed by atoms with Crippen molar-refractivity contribution in [1.82, 2.24) is 14.7 Å². The Kier molecular flexibility index (Phi) is 4.78. The predicted molar refractivity (Wildman–Crippen MR) is 94.4 cm³/mol. The number of carbonyl (C=O) groups excluding carboxylic acids is 1. The van der Waals surface area contributed by atoms with Crippen LogP contribution in [0.1, 0.15) is 29.8 Å². The molecular weight excluding hydrogens is 378 g/mol. The van der Waals surface area contributed by atoms with Gasteiger partial charge in [0.25, 0.3) is 0 Å². The second-order valence-corrected chi connectivity index (χ2v) is 7.32. The molecule has 0 bridgehead atoms. The largest absolute Gasteiger partial charge is 0.334 e. The molecule has 1 aliphatic carbocycles. The fourth-order valence-electron chi connectivity index (χ4n) is 2.69. The minimum Gasteiger partial charge on any atom is -0.334 e. The minimum atomic E-state index is 0.0924. The van der Waals surface area contributed by atoms with Gasteiger partial charge in [-0.3, -0.25) is 9.48 Å². The first kappa shape index (κ1) is 16.5. The van der Waals surface area contributed by atoms with E-state index in [9.17, 15) is 4.79 Å². The van der Waals surface area contributed by atoms with Gasteiger partial charge in [0, 0.05) is 17.1 Å². The van der Waals surface area contributed by atoms with Crippen LogP contribution in [-0.4, -0.2) is 26.6 Å². The van der Waals surface area contributed by atoms with Gasteiger partial charge in [-0.15, -0.1) is 0 Å². The summed E-state index contributed by atoms with van der Waals surface area (Å²) in [5.41, 5.74) is 2.74. The van der Waals surface area contributed by atoms with Crippen molar-refractivity contribution in [2.75, 3.05) is 0 Å². The number of hydrogen-bond donors (Lipinski definition) is 0. The lowest BCUT2D eigenvalue weighted by atomic mass is 10.2. The fourth-order valence-corrected chi connectivity index (χ4v) is 3.27. The van der Waals surface area contributed by atoms with Crippen LogP contribution in [0.3, 0.4) is 0 Å². The number of carbonyl (C=O) groups is 1. The van der Waals surface area contributed by atoms with Crippen molar-refractivity contribution < 1.29 is 4.79 Å². The molecule has 1 heterocycles. The SMILES string of the molecule is Cc1nn(CC(=O)N(Cc2cccc(Br)c2)C2CC2)c(C)c1Cl. The highest BCUT2D eigenvalue weighted by molar-refractivity contribution is 9.10. The number of aromatic nitrogens is 2. The molecule has 0 aliphatic heterocycles. The number of aryl methyl sites for hydroxylation is 1. The van der Waals surface area contributed by atoms with Crippen LogP contribution in [0.2, 0.25) is 5.02 Å². The van der Waals surface area contributed by atoms with Gasteiger partial charge in [-0.25, -0.2) is 0 Å². The van der Waals surface area contributed by atoms with E-state index in [1.165, 1.54) is 0 Å². The van der Waals surface area contributed by atoms with Gasteiger partial charge in [-0.1, -0.05) is 39.7 Å². The van der Waals surface area contributed by atoms with Gasteiger partial charge >= 0.3 is 0 Å². The van der Waals surface area contributed by atoms with Crippen LogP contribution < -0.4 is 0 Å². The molecule has 6 heteroatoms. The van der Waals surface area contributed by atoms with E-state index in [0.29, 0.717) is 17.6 Å². The Balaban J connectivity index is 1.75. The first-order valence-corrected chi connectivity index (χ1v) is 8.86. The zero-order valence-corrected chi connectivity index (χ0v) is 15.6. The third-order valence-electron chi connectivity index (χ3n) is 4.13. The molecule has 1 fully saturated rings. The van der Waals surface area contributed by atoms with Gasteiger partial charge in [0.1, 0.15) is 6.54 Å². The monoisotopic (exact) mass is 395 g/mol. The van der Waals surface area contributed by atoms with Crippen molar-refractivity contribution >= 4 is 33.4 Å². The number of nitrogens with zero attached hydrogens (tertiary/aromatic N) is 3. The Morgan fingerprint density at radius 2 is 2.17 bits per heavy atom. The molecular formula is C17H19BrClN3O. The zero-order chi connectivity index (χ0) is 16.6. The lowest BCUT2D eigenvalue weighted by molar-refractivity contribution is -0.133. The lowest BCUT2D eigenvalue weighted by Crippen LogP contribution is -2.35. The van der Waals surface area contributed by atoms with Crippen LogP contribution in [0.5, 0.6) is 0 Å². The van der Waals surface area contributed by atoms with Crippen molar-refractivity contribution in [2.45, 2.75) is 45.8 Å². The molecule has 1 saturated carbocycles. The summed E-state index contributed by atoms with van der Waals surface area (Å²) in [7, 11) is 0. The van der Waals surface area contributed by atoms with Crippen LogP contribution >= 0.6 is 27.5 Å². The van der Waals surface area contributed by atoms with Crippen LogP contribution in [0.25, 0.3) is 0 Å². The topological polar surface area (TPSA) is 38.1 Å². The Hall–Kier alpha value is -1.33. The third-order valence-corrected chi connectivity index (χ3v) is 5.17. The van der Waals surface area contributed by atoms with Gasteiger partial charge in [0.15, 0.2) is 0 Å². The van der Waals surface area contributed by atoms with Crippen molar-refractivity contribution in [2.24, 2.45) is 0 Å². The van der Waals surface area contributed by atoms with Crippen LogP contribution in [0.4, 0.5) is 0 Å². The Morgan fingerprint density at radius 3 is 2.74 bits per heavy atom. The Morgan fingerprint density at radius 1 is 1.43 bits per heavy atom. The van der Waals surface area contributed by atoms with E-state index in [4.69, 9.17) is 11.6 Å². The predicted octanol–water partition coefficient (Wildman–Crippen LogP) is 4.11. The average Bonchev–Trinajstić information content (AvgIpc) is 3.31. The summed E-state index contributed by atoms with van der Waals surface area (Å²) in [5.74, 6) is 0.0924. The number of benzene rings is 1. The van der Waals surface area contributed by atoms with E-state index in [1.54, 1.807) is 4.68 Å². The second kappa shape index (κ2) is 6.65. The van der Waals surface area contributed by atoms with Crippen LogP contribution in [0, 0.1) is 13.8 Å². The van der Waals surface area contributed by atoms with Crippen molar-refractivity contribution in [1.29, 1.82) is 0 Å². The fraction of sp³-hybridized carbons (Fsp3) is 0.412. The highest BCUT2D eigenvalue weighted by Crippen LogP contribution is 2.29. The van der Waals surface area contributed by atoms with Gasteiger partial charge in [-0.05, 0) is 44.4 Å². The summed E-state index contributed by atoms with van der Waals surface area (Å²) in [6.45, 7) is 4.63. The lowest BCUT2D eigenvalue weighted by Gasteiger charge is -2.23. The molecule has 0 N–H and O–H groups in total. The maximum Gasteiger partial charge on any atom is 0.244 e. The van der Waals surface area contributed by atoms with E-state index in [1.807, 2.05) is 36.9 Å². The highest BCUT2D eigenvalue weighted by atomic mass is 79.9. The molecule has 0 unspecified atom stereocenters. The Bertz CT molecular complexity index is 739.